The standard InChI is InChI=1S/C45H82N2/c1-3-5-7-9-11-13-15-17-19-21-23-25-27-29-31-36-40-47-42-41-46(45(47)43-44-37-33-32-34-38-44)39-35-30-28-26-24-22-20-18-16-14-12-10-8-6-4-2/h32-34,37-38,41-42,45H,3-31,35-36,39-40,43H2,1-2H3. The van der Waals surface area contributed by atoms with Crippen LogP contribution in [0.15, 0.2) is 42.7 Å². The van der Waals surface area contributed by atoms with Crippen LogP contribution < -0.4 is 0 Å². The van der Waals surface area contributed by atoms with Crippen molar-refractivity contribution in [2.45, 2.75) is 225 Å². The molecule has 0 aromatic heterocycles. The molecule has 0 saturated carbocycles. The Morgan fingerprint density at radius 1 is 0.362 bits per heavy atom. The fraction of sp³-hybridized carbons (Fsp3) is 0.822. The van der Waals surface area contributed by atoms with E-state index in [4.69, 9.17) is 0 Å². The molecule has 1 heterocycles. The summed E-state index contributed by atoms with van der Waals surface area (Å²) in [6, 6.07) is 11.2. The number of benzene rings is 1. The van der Waals surface area contributed by atoms with Crippen molar-refractivity contribution in [3.63, 3.8) is 0 Å². The largest absolute Gasteiger partial charge is 0.356 e. The monoisotopic (exact) mass is 651 g/mol. The van der Waals surface area contributed by atoms with Crippen LogP contribution in [0.1, 0.15) is 218 Å². The summed E-state index contributed by atoms with van der Waals surface area (Å²) >= 11 is 0. The van der Waals surface area contributed by atoms with Gasteiger partial charge < -0.3 is 9.80 Å². The second-order valence-corrected chi connectivity index (χ2v) is 15.2. The lowest BCUT2D eigenvalue weighted by Gasteiger charge is -2.33. The van der Waals surface area contributed by atoms with E-state index in [1.165, 1.54) is 218 Å². The van der Waals surface area contributed by atoms with Gasteiger partial charge in [-0.25, -0.2) is 0 Å². The second kappa shape index (κ2) is 31.8. The van der Waals surface area contributed by atoms with E-state index >= 15 is 0 Å². The second-order valence-electron chi connectivity index (χ2n) is 15.2. The van der Waals surface area contributed by atoms with Gasteiger partial charge in [0.1, 0.15) is 6.17 Å². The Hall–Kier alpha value is -1.44. The fourth-order valence-corrected chi connectivity index (χ4v) is 7.58. The van der Waals surface area contributed by atoms with Gasteiger partial charge in [-0.1, -0.05) is 230 Å². The lowest BCUT2D eigenvalue weighted by atomic mass is 10.0. The van der Waals surface area contributed by atoms with E-state index in [2.05, 4.69) is 66.4 Å². The van der Waals surface area contributed by atoms with E-state index in [1.807, 2.05) is 0 Å². The van der Waals surface area contributed by atoms with Gasteiger partial charge in [-0.3, -0.25) is 0 Å². The summed E-state index contributed by atoms with van der Waals surface area (Å²) in [5, 5.41) is 0. The smallest absolute Gasteiger partial charge is 0.105 e. The van der Waals surface area contributed by atoms with E-state index in [-0.39, 0.29) is 0 Å². The fourth-order valence-electron chi connectivity index (χ4n) is 7.58. The molecule has 2 nitrogen and oxygen atoms in total. The van der Waals surface area contributed by atoms with Crippen LogP contribution >= 0.6 is 0 Å². The van der Waals surface area contributed by atoms with E-state index in [1.54, 1.807) is 0 Å². The van der Waals surface area contributed by atoms with Crippen molar-refractivity contribution in [1.29, 1.82) is 0 Å². The van der Waals surface area contributed by atoms with Gasteiger partial charge in [0.05, 0.1) is 0 Å². The van der Waals surface area contributed by atoms with Gasteiger partial charge in [0.15, 0.2) is 0 Å². The summed E-state index contributed by atoms with van der Waals surface area (Å²) in [4.78, 5) is 5.31. The molecule has 1 aliphatic heterocycles. The van der Waals surface area contributed by atoms with Crippen molar-refractivity contribution in [1.82, 2.24) is 9.80 Å². The third-order valence-electron chi connectivity index (χ3n) is 10.8. The van der Waals surface area contributed by atoms with Gasteiger partial charge in [-0.15, -0.1) is 0 Å². The highest BCUT2D eigenvalue weighted by Crippen LogP contribution is 2.23. The Bertz CT molecular complexity index is 788. The third-order valence-corrected chi connectivity index (χ3v) is 10.8. The molecule has 0 spiro atoms. The minimum Gasteiger partial charge on any atom is -0.356 e. The molecule has 1 aliphatic rings. The Kier molecular flexibility index (Phi) is 28.2. The number of rotatable bonds is 35. The van der Waals surface area contributed by atoms with Gasteiger partial charge in [0.25, 0.3) is 0 Å². The Labute approximate surface area is 295 Å². The maximum Gasteiger partial charge on any atom is 0.105 e. The van der Waals surface area contributed by atoms with Crippen LogP contribution in [0, 0.1) is 0 Å². The first-order valence-electron chi connectivity index (χ1n) is 21.6. The highest BCUT2D eigenvalue weighted by molar-refractivity contribution is 5.17. The Balaban J connectivity index is 1.48. The van der Waals surface area contributed by atoms with E-state index < -0.39 is 0 Å². The normalized spacial score (nSPS) is 14.6. The summed E-state index contributed by atoms with van der Waals surface area (Å²) in [5.74, 6) is 0. The average molecular weight is 651 g/mol. The minimum atomic E-state index is 0.500. The lowest BCUT2D eigenvalue weighted by molar-refractivity contribution is 0.148. The van der Waals surface area contributed by atoms with Crippen molar-refractivity contribution >= 4 is 0 Å². The zero-order valence-electron chi connectivity index (χ0n) is 32.1. The van der Waals surface area contributed by atoms with Crippen LogP contribution in [0.3, 0.4) is 0 Å². The maximum absolute atomic E-state index is 2.65. The molecular weight excluding hydrogens is 569 g/mol. The van der Waals surface area contributed by atoms with E-state index in [9.17, 15) is 0 Å². The quantitative estimate of drug-likeness (QED) is 0.0675. The first-order valence-corrected chi connectivity index (χ1v) is 21.6. The van der Waals surface area contributed by atoms with Crippen LogP contribution in [0.25, 0.3) is 0 Å². The topological polar surface area (TPSA) is 6.48 Å². The molecule has 1 aromatic rings. The highest BCUT2D eigenvalue weighted by atomic mass is 15.4. The third kappa shape index (κ3) is 23.5. The molecule has 0 saturated heterocycles. The van der Waals surface area contributed by atoms with Crippen molar-refractivity contribution in [2.75, 3.05) is 13.1 Å². The van der Waals surface area contributed by atoms with Crippen LogP contribution in [-0.2, 0) is 6.42 Å². The average Bonchev–Trinajstić information content (AvgIpc) is 3.47. The van der Waals surface area contributed by atoms with Gasteiger partial charge >= 0.3 is 0 Å². The number of hydrogen-bond donors (Lipinski definition) is 0. The van der Waals surface area contributed by atoms with Crippen molar-refractivity contribution in [2.24, 2.45) is 0 Å². The van der Waals surface area contributed by atoms with Crippen LogP contribution in [0.4, 0.5) is 0 Å². The van der Waals surface area contributed by atoms with E-state index in [0.29, 0.717) is 6.17 Å². The molecule has 1 unspecified atom stereocenters. The first kappa shape index (κ1) is 41.7. The van der Waals surface area contributed by atoms with Crippen LogP contribution in [0.2, 0.25) is 0 Å². The highest BCUT2D eigenvalue weighted by Gasteiger charge is 2.25. The van der Waals surface area contributed by atoms with Crippen LogP contribution in [0.5, 0.6) is 0 Å². The van der Waals surface area contributed by atoms with Crippen LogP contribution in [-0.4, -0.2) is 29.1 Å². The molecule has 0 aliphatic carbocycles. The molecule has 0 bridgehead atoms. The molecule has 1 aromatic carbocycles. The molecular formula is C45H82N2. The van der Waals surface area contributed by atoms with Crippen molar-refractivity contribution in [3.05, 3.63) is 48.3 Å². The molecule has 0 N–H and O–H groups in total. The number of nitrogens with zero attached hydrogens (tertiary/aromatic N) is 2. The molecule has 0 radical (unpaired) electrons. The predicted octanol–water partition coefficient (Wildman–Crippen LogP) is 14.8. The zero-order chi connectivity index (χ0) is 33.3. The lowest BCUT2D eigenvalue weighted by Crippen LogP contribution is -2.41. The molecule has 272 valence electrons. The summed E-state index contributed by atoms with van der Waals surface area (Å²) < 4.78 is 0. The first-order chi connectivity index (χ1) is 23.3. The van der Waals surface area contributed by atoms with Gasteiger partial charge in [-0.2, -0.15) is 0 Å². The van der Waals surface area contributed by atoms with Gasteiger partial charge in [0, 0.05) is 31.9 Å². The maximum atomic E-state index is 2.65. The number of unbranched alkanes of at least 4 members (excludes halogenated alkanes) is 29. The van der Waals surface area contributed by atoms with Crippen molar-refractivity contribution < 1.29 is 0 Å². The molecule has 0 fully saturated rings. The molecule has 1 atom stereocenters. The van der Waals surface area contributed by atoms with Gasteiger partial charge in [-0.05, 0) is 18.4 Å². The zero-order valence-corrected chi connectivity index (χ0v) is 32.1. The van der Waals surface area contributed by atoms with Gasteiger partial charge in [0.2, 0.25) is 0 Å². The molecule has 2 rings (SSSR count). The van der Waals surface area contributed by atoms with Crippen molar-refractivity contribution in [3.8, 4) is 0 Å². The molecule has 47 heavy (non-hydrogen) atoms. The minimum absolute atomic E-state index is 0.500. The summed E-state index contributed by atoms with van der Waals surface area (Å²) in [6.45, 7) is 7.04. The summed E-state index contributed by atoms with van der Waals surface area (Å²) in [7, 11) is 0. The molecule has 2 heteroatoms. The van der Waals surface area contributed by atoms with E-state index in [0.717, 1.165) is 6.42 Å². The summed E-state index contributed by atoms with van der Waals surface area (Å²) in [6.07, 6.45) is 51.0. The SMILES string of the molecule is CCCCCCCCCCCCCCCCCCN1C=CN(CCCCCCCCCCCCCCCCC)C1Cc1ccccc1. The molecule has 0 amide bonds. The Morgan fingerprint density at radius 3 is 0.936 bits per heavy atom. The predicted molar refractivity (Wildman–Crippen MR) is 211 cm³/mol. The summed E-state index contributed by atoms with van der Waals surface area (Å²) in [5.41, 5.74) is 1.47. The number of hydrogen-bond acceptors (Lipinski definition) is 2. The Morgan fingerprint density at radius 2 is 0.638 bits per heavy atom.